The highest BCUT2D eigenvalue weighted by atomic mass is 16.5. The van der Waals surface area contributed by atoms with E-state index in [0.717, 1.165) is 29.8 Å². The molecule has 0 spiro atoms. The Hall–Kier alpha value is -3.81. The Morgan fingerprint density at radius 1 is 0.944 bits per heavy atom. The van der Waals surface area contributed by atoms with Crippen molar-refractivity contribution in [1.82, 2.24) is 20.0 Å². The third-order valence-electron chi connectivity index (χ3n) is 6.59. The lowest BCUT2D eigenvalue weighted by atomic mass is 10.0. The molecule has 2 heterocycles. The molecule has 1 fully saturated rings. The fourth-order valence-corrected chi connectivity index (χ4v) is 4.57. The molecule has 0 unspecified atom stereocenters. The standard InChI is InChI=1S/C29H30N4O3/c1-21-11-13-23(14-12-21)26(20-32-15-17-36-18-16-32)30-28(34)27-24-9-5-6-10-25(24)29(35)33(31-27)19-22-7-3-2-4-8-22/h2-14,26H,15-20H2,1H3,(H,30,34)/t26-/m1/s1. The maximum absolute atomic E-state index is 13.7. The molecular formula is C29H30N4O3. The van der Waals surface area contributed by atoms with Gasteiger partial charge in [-0.25, -0.2) is 4.68 Å². The lowest BCUT2D eigenvalue weighted by molar-refractivity contribution is 0.0332. The van der Waals surface area contributed by atoms with E-state index in [-0.39, 0.29) is 23.2 Å². The van der Waals surface area contributed by atoms with E-state index >= 15 is 0 Å². The predicted molar refractivity (Wildman–Crippen MR) is 140 cm³/mol. The first-order chi connectivity index (χ1) is 17.6. The average molecular weight is 483 g/mol. The highest BCUT2D eigenvalue weighted by molar-refractivity contribution is 6.04. The van der Waals surface area contributed by atoms with Crippen LogP contribution in [0.2, 0.25) is 0 Å². The molecule has 5 rings (SSSR count). The topological polar surface area (TPSA) is 76.5 Å². The summed E-state index contributed by atoms with van der Waals surface area (Å²) in [6, 6.07) is 24.8. The van der Waals surface area contributed by atoms with E-state index in [0.29, 0.717) is 37.1 Å². The fraction of sp³-hybridized carbons (Fsp3) is 0.276. The summed E-state index contributed by atoms with van der Waals surface area (Å²) in [5.41, 5.74) is 3.17. The third kappa shape index (κ3) is 5.37. The maximum atomic E-state index is 13.7. The van der Waals surface area contributed by atoms with Crippen molar-refractivity contribution in [2.45, 2.75) is 19.5 Å². The normalized spacial score (nSPS) is 15.0. The number of rotatable bonds is 7. The van der Waals surface area contributed by atoms with Gasteiger partial charge in [-0.2, -0.15) is 5.10 Å². The molecule has 0 aliphatic carbocycles. The second-order valence-electron chi connectivity index (χ2n) is 9.19. The lowest BCUT2D eigenvalue weighted by Crippen LogP contribution is -2.43. The largest absolute Gasteiger partial charge is 0.379 e. The van der Waals surface area contributed by atoms with E-state index in [9.17, 15) is 9.59 Å². The van der Waals surface area contributed by atoms with Gasteiger partial charge in [-0.15, -0.1) is 0 Å². The minimum atomic E-state index is -0.299. The molecule has 1 atom stereocenters. The van der Waals surface area contributed by atoms with Gasteiger partial charge in [-0.3, -0.25) is 14.5 Å². The summed E-state index contributed by atoms with van der Waals surface area (Å²) >= 11 is 0. The molecule has 1 aromatic heterocycles. The van der Waals surface area contributed by atoms with E-state index in [1.54, 1.807) is 12.1 Å². The Kier molecular flexibility index (Phi) is 7.21. The number of hydrogen-bond acceptors (Lipinski definition) is 5. The smallest absolute Gasteiger partial charge is 0.274 e. The minimum absolute atomic E-state index is 0.214. The van der Waals surface area contributed by atoms with Gasteiger partial charge in [0, 0.05) is 25.0 Å². The Bertz CT molecular complexity index is 1390. The number of aromatic nitrogens is 2. The van der Waals surface area contributed by atoms with Crippen LogP contribution in [-0.2, 0) is 11.3 Å². The number of fused-ring (bicyclic) bond motifs is 1. The summed E-state index contributed by atoms with van der Waals surface area (Å²) in [7, 11) is 0. The second kappa shape index (κ2) is 10.8. The molecule has 1 aliphatic heterocycles. The van der Waals surface area contributed by atoms with Gasteiger partial charge in [0.2, 0.25) is 0 Å². The molecule has 0 radical (unpaired) electrons. The van der Waals surface area contributed by atoms with Crippen molar-refractivity contribution < 1.29 is 9.53 Å². The van der Waals surface area contributed by atoms with Crippen molar-refractivity contribution in [3.05, 3.63) is 112 Å². The van der Waals surface area contributed by atoms with Gasteiger partial charge in [-0.05, 0) is 24.1 Å². The van der Waals surface area contributed by atoms with Gasteiger partial charge >= 0.3 is 0 Å². The van der Waals surface area contributed by atoms with E-state index in [1.807, 2.05) is 49.4 Å². The summed E-state index contributed by atoms with van der Waals surface area (Å²) in [6.45, 7) is 6.02. The van der Waals surface area contributed by atoms with Gasteiger partial charge < -0.3 is 10.1 Å². The van der Waals surface area contributed by atoms with Crippen LogP contribution in [0.25, 0.3) is 10.8 Å². The molecule has 1 aliphatic rings. The number of nitrogens with zero attached hydrogens (tertiary/aromatic N) is 3. The quantitative estimate of drug-likeness (QED) is 0.436. The van der Waals surface area contributed by atoms with Crippen molar-refractivity contribution in [1.29, 1.82) is 0 Å². The first kappa shape index (κ1) is 23.9. The molecule has 1 N–H and O–H groups in total. The van der Waals surface area contributed by atoms with Crippen molar-refractivity contribution in [2.75, 3.05) is 32.8 Å². The highest BCUT2D eigenvalue weighted by Gasteiger charge is 2.23. The molecule has 7 heteroatoms. The number of benzene rings is 3. The Balaban J connectivity index is 1.50. The van der Waals surface area contributed by atoms with Crippen LogP contribution in [0.4, 0.5) is 0 Å². The van der Waals surface area contributed by atoms with E-state index in [2.05, 4.69) is 39.6 Å². The maximum Gasteiger partial charge on any atom is 0.274 e. The summed E-state index contributed by atoms with van der Waals surface area (Å²) in [6.07, 6.45) is 0. The number of aryl methyl sites for hydroxylation is 1. The molecule has 184 valence electrons. The molecular weight excluding hydrogens is 452 g/mol. The van der Waals surface area contributed by atoms with Crippen LogP contribution in [0, 0.1) is 6.92 Å². The zero-order valence-corrected chi connectivity index (χ0v) is 20.4. The van der Waals surface area contributed by atoms with Crippen molar-refractivity contribution >= 4 is 16.7 Å². The van der Waals surface area contributed by atoms with E-state index in [4.69, 9.17) is 4.74 Å². The first-order valence-electron chi connectivity index (χ1n) is 12.3. The van der Waals surface area contributed by atoms with Crippen LogP contribution < -0.4 is 10.9 Å². The number of hydrogen-bond donors (Lipinski definition) is 1. The van der Waals surface area contributed by atoms with Gasteiger partial charge in [0.25, 0.3) is 11.5 Å². The third-order valence-corrected chi connectivity index (χ3v) is 6.59. The number of amides is 1. The molecule has 3 aromatic carbocycles. The molecule has 7 nitrogen and oxygen atoms in total. The Morgan fingerprint density at radius 3 is 2.33 bits per heavy atom. The zero-order chi connectivity index (χ0) is 24.9. The van der Waals surface area contributed by atoms with Gasteiger partial charge in [0.05, 0.1) is 31.2 Å². The highest BCUT2D eigenvalue weighted by Crippen LogP contribution is 2.19. The minimum Gasteiger partial charge on any atom is -0.379 e. The SMILES string of the molecule is Cc1ccc([C@@H](CN2CCOCC2)NC(=O)c2nn(Cc3ccccc3)c(=O)c3ccccc23)cc1. The van der Waals surface area contributed by atoms with Crippen molar-refractivity contribution in [3.63, 3.8) is 0 Å². The summed E-state index contributed by atoms with van der Waals surface area (Å²) in [5, 5.41) is 8.82. The van der Waals surface area contributed by atoms with Gasteiger partial charge in [0.1, 0.15) is 0 Å². The van der Waals surface area contributed by atoms with Crippen LogP contribution in [0.3, 0.4) is 0 Å². The van der Waals surface area contributed by atoms with Gasteiger partial charge in [0.15, 0.2) is 5.69 Å². The van der Waals surface area contributed by atoms with Crippen LogP contribution in [0.15, 0.2) is 83.7 Å². The number of carbonyl (C=O) groups excluding carboxylic acids is 1. The van der Waals surface area contributed by atoms with Crippen LogP contribution in [0.1, 0.15) is 33.2 Å². The van der Waals surface area contributed by atoms with E-state index < -0.39 is 0 Å². The molecule has 0 saturated carbocycles. The van der Waals surface area contributed by atoms with Gasteiger partial charge in [-0.1, -0.05) is 78.4 Å². The fourth-order valence-electron chi connectivity index (χ4n) is 4.57. The van der Waals surface area contributed by atoms with Crippen molar-refractivity contribution in [3.8, 4) is 0 Å². The summed E-state index contributed by atoms with van der Waals surface area (Å²) < 4.78 is 6.89. The molecule has 0 bridgehead atoms. The van der Waals surface area contributed by atoms with Crippen LogP contribution in [0.5, 0.6) is 0 Å². The Morgan fingerprint density at radius 2 is 1.61 bits per heavy atom. The lowest BCUT2D eigenvalue weighted by Gasteiger charge is -2.31. The molecule has 1 saturated heterocycles. The molecule has 36 heavy (non-hydrogen) atoms. The monoisotopic (exact) mass is 482 g/mol. The average Bonchev–Trinajstić information content (AvgIpc) is 2.91. The zero-order valence-electron chi connectivity index (χ0n) is 20.4. The summed E-state index contributed by atoms with van der Waals surface area (Å²) in [5.74, 6) is -0.299. The predicted octanol–water partition coefficient (Wildman–Crippen LogP) is 3.56. The van der Waals surface area contributed by atoms with E-state index in [1.165, 1.54) is 4.68 Å². The van der Waals surface area contributed by atoms with Crippen LogP contribution >= 0.6 is 0 Å². The number of nitrogens with one attached hydrogen (secondary N) is 1. The van der Waals surface area contributed by atoms with Crippen LogP contribution in [-0.4, -0.2) is 53.4 Å². The second-order valence-corrected chi connectivity index (χ2v) is 9.19. The number of morpholine rings is 1. The number of ether oxygens (including phenoxy) is 1. The molecule has 1 amide bonds. The summed E-state index contributed by atoms with van der Waals surface area (Å²) in [4.78, 5) is 29.2. The number of carbonyl (C=O) groups is 1. The molecule has 4 aromatic rings. The Labute approximate surface area is 210 Å². The van der Waals surface area contributed by atoms with Crippen molar-refractivity contribution in [2.24, 2.45) is 0 Å². The first-order valence-corrected chi connectivity index (χ1v) is 12.3.